The molecule has 0 aromatic heterocycles. The van der Waals surface area contributed by atoms with Crippen LogP contribution in [0.2, 0.25) is 0 Å². The minimum Gasteiger partial charge on any atom is -0.454 e. The van der Waals surface area contributed by atoms with Crippen molar-refractivity contribution < 1.29 is 23.8 Å². The van der Waals surface area contributed by atoms with E-state index < -0.39 is 18.0 Å². The highest BCUT2D eigenvalue weighted by atomic mass is 16.7. The van der Waals surface area contributed by atoms with Gasteiger partial charge in [-0.25, -0.2) is 4.79 Å². The molecule has 0 spiro atoms. The number of carbonyl (C=O) groups is 2. The van der Waals surface area contributed by atoms with Crippen LogP contribution in [0.4, 0.5) is 5.69 Å². The summed E-state index contributed by atoms with van der Waals surface area (Å²) in [6.45, 7) is 1.86. The maximum atomic E-state index is 12.3. The van der Waals surface area contributed by atoms with Crippen LogP contribution in [0.1, 0.15) is 18.1 Å². The molecule has 0 radical (unpaired) electrons. The summed E-state index contributed by atoms with van der Waals surface area (Å²) in [6.07, 6.45) is 0.369. The maximum absolute atomic E-state index is 12.3. The first-order valence-corrected chi connectivity index (χ1v) is 9.64. The molecule has 0 saturated heterocycles. The Labute approximate surface area is 180 Å². The number of fused-ring (bicyclic) bond motifs is 1. The number of benzene rings is 2. The lowest BCUT2D eigenvalue weighted by molar-refractivity contribution is -0.150. The Morgan fingerprint density at radius 3 is 2.58 bits per heavy atom. The summed E-state index contributed by atoms with van der Waals surface area (Å²) in [5.74, 6) is -0.0539. The molecule has 8 nitrogen and oxygen atoms in total. The molecule has 31 heavy (non-hydrogen) atoms. The normalized spacial score (nSPS) is 13.2. The van der Waals surface area contributed by atoms with Crippen molar-refractivity contribution in [1.29, 1.82) is 5.26 Å². The minimum absolute atomic E-state index is 0.173. The summed E-state index contributed by atoms with van der Waals surface area (Å²) >= 11 is 0. The molecular formula is C23H23N3O5. The van der Waals surface area contributed by atoms with Crippen LogP contribution in [0.3, 0.4) is 0 Å². The molecule has 1 amide bonds. The first-order valence-electron chi connectivity index (χ1n) is 9.64. The summed E-state index contributed by atoms with van der Waals surface area (Å²) in [5, 5.41) is 12.0. The van der Waals surface area contributed by atoms with E-state index >= 15 is 0 Å². The molecule has 1 atom stereocenters. The van der Waals surface area contributed by atoms with Crippen molar-refractivity contribution in [2.75, 3.05) is 25.8 Å². The van der Waals surface area contributed by atoms with Gasteiger partial charge in [0.2, 0.25) is 6.79 Å². The van der Waals surface area contributed by atoms with Gasteiger partial charge >= 0.3 is 5.97 Å². The first kappa shape index (κ1) is 21.7. The molecular weight excluding hydrogens is 398 g/mol. The molecule has 0 aliphatic carbocycles. The lowest BCUT2D eigenvalue weighted by Gasteiger charge is -2.14. The third-order valence-electron chi connectivity index (χ3n) is 4.62. The van der Waals surface area contributed by atoms with Crippen LogP contribution in [0.15, 0.2) is 48.0 Å². The van der Waals surface area contributed by atoms with Crippen LogP contribution < -0.4 is 19.7 Å². The largest absolute Gasteiger partial charge is 0.454 e. The van der Waals surface area contributed by atoms with E-state index in [1.54, 1.807) is 24.3 Å². The van der Waals surface area contributed by atoms with Crippen molar-refractivity contribution >= 4 is 23.6 Å². The summed E-state index contributed by atoms with van der Waals surface area (Å²) < 4.78 is 15.7. The third kappa shape index (κ3) is 5.54. The molecule has 8 heteroatoms. The minimum atomic E-state index is -1.06. The average Bonchev–Trinajstić information content (AvgIpc) is 3.23. The maximum Gasteiger partial charge on any atom is 0.349 e. The summed E-state index contributed by atoms with van der Waals surface area (Å²) in [7, 11) is 3.84. The lowest BCUT2D eigenvalue weighted by atomic mass is 10.1. The van der Waals surface area contributed by atoms with Gasteiger partial charge in [0.25, 0.3) is 5.91 Å². The standard InChI is InChI=1S/C23H23N3O5/c1-15(22(27)25-13-17-6-9-20-21(11-17)30-14-29-20)31-23(28)18(12-24)10-16-4-7-19(8-5-16)26(2)3/h4-11,15H,13-14H2,1-3H3,(H,25,27)/b18-10-. The molecule has 0 saturated carbocycles. The second kappa shape index (κ2) is 9.67. The van der Waals surface area contributed by atoms with E-state index in [-0.39, 0.29) is 18.9 Å². The second-order valence-electron chi connectivity index (χ2n) is 7.11. The van der Waals surface area contributed by atoms with Crippen molar-refractivity contribution in [3.63, 3.8) is 0 Å². The number of esters is 1. The number of amides is 1. The molecule has 0 bridgehead atoms. The van der Waals surface area contributed by atoms with Crippen molar-refractivity contribution in [2.24, 2.45) is 0 Å². The molecule has 1 heterocycles. The van der Waals surface area contributed by atoms with Crippen LogP contribution in [0, 0.1) is 11.3 Å². The van der Waals surface area contributed by atoms with Crippen LogP contribution in [0.25, 0.3) is 6.08 Å². The number of nitriles is 1. The zero-order valence-corrected chi connectivity index (χ0v) is 17.5. The van der Waals surface area contributed by atoms with Crippen LogP contribution in [-0.2, 0) is 20.9 Å². The molecule has 1 N–H and O–H groups in total. The van der Waals surface area contributed by atoms with E-state index in [4.69, 9.17) is 14.2 Å². The van der Waals surface area contributed by atoms with Gasteiger partial charge in [0.15, 0.2) is 17.6 Å². The number of nitrogens with one attached hydrogen (secondary N) is 1. The van der Waals surface area contributed by atoms with E-state index in [2.05, 4.69) is 5.32 Å². The molecule has 2 aromatic rings. The highest BCUT2D eigenvalue weighted by Crippen LogP contribution is 2.32. The Kier molecular flexibility index (Phi) is 6.78. The zero-order chi connectivity index (χ0) is 22.4. The van der Waals surface area contributed by atoms with Gasteiger partial charge in [0, 0.05) is 26.3 Å². The molecule has 160 valence electrons. The van der Waals surface area contributed by atoms with E-state index in [9.17, 15) is 14.9 Å². The fraction of sp³-hybridized carbons (Fsp3) is 0.261. The number of carbonyl (C=O) groups excluding carboxylic acids is 2. The van der Waals surface area contributed by atoms with Crippen molar-refractivity contribution in [2.45, 2.75) is 19.6 Å². The Balaban J connectivity index is 1.56. The molecule has 1 aliphatic rings. The van der Waals surface area contributed by atoms with E-state index in [1.807, 2.05) is 43.3 Å². The van der Waals surface area contributed by atoms with Crippen LogP contribution in [0.5, 0.6) is 11.5 Å². The van der Waals surface area contributed by atoms with Gasteiger partial charge in [0.1, 0.15) is 11.6 Å². The Morgan fingerprint density at radius 1 is 1.19 bits per heavy atom. The van der Waals surface area contributed by atoms with Crippen molar-refractivity contribution in [1.82, 2.24) is 5.32 Å². The number of nitrogens with zero attached hydrogens (tertiary/aromatic N) is 2. The van der Waals surface area contributed by atoms with E-state index in [0.29, 0.717) is 17.1 Å². The first-order chi connectivity index (χ1) is 14.9. The predicted molar refractivity (Wildman–Crippen MR) is 114 cm³/mol. The lowest BCUT2D eigenvalue weighted by Crippen LogP contribution is -2.35. The monoisotopic (exact) mass is 421 g/mol. The topological polar surface area (TPSA) is 101 Å². The fourth-order valence-corrected chi connectivity index (χ4v) is 2.83. The quantitative estimate of drug-likeness (QED) is 0.417. The van der Waals surface area contributed by atoms with Gasteiger partial charge < -0.3 is 24.4 Å². The summed E-state index contributed by atoms with van der Waals surface area (Å²) in [4.78, 5) is 26.6. The second-order valence-corrected chi connectivity index (χ2v) is 7.11. The number of anilines is 1. The Bertz CT molecular complexity index is 1040. The van der Waals surface area contributed by atoms with Crippen LogP contribution >= 0.6 is 0 Å². The molecule has 1 unspecified atom stereocenters. The number of ether oxygens (including phenoxy) is 3. The van der Waals surface area contributed by atoms with Crippen LogP contribution in [-0.4, -0.2) is 38.9 Å². The Morgan fingerprint density at radius 2 is 1.90 bits per heavy atom. The molecule has 0 fully saturated rings. The van der Waals surface area contributed by atoms with Crippen molar-refractivity contribution in [3.8, 4) is 17.6 Å². The SMILES string of the molecule is CC(OC(=O)/C(C#N)=C\c1ccc(N(C)C)cc1)C(=O)NCc1ccc2c(c1)OCO2. The van der Waals surface area contributed by atoms with Gasteiger partial charge in [-0.3, -0.25) is 4.79 Å². The van der Waals surface area contributed by atoms with Gasteiger partial charge in [0.05, 0.1) is 0 Å². The molecule has 3 rings (SSSR count). The van der Waals surface area contributed by atoms with E-state index in [1.165, 1.54) is 13.0 Å². The van der Waals surface area contributed by atoms with Gasteiger partial charge in [-0.05, 0) is 48.4 Å². The summed E-state index contributed by atoms with van der Waals surface area (Å²) in [5.41, 5.74) is 2.30. The smallest absolute Gasteiger partial charge is 0.349 e. The molecule has 1 aliphatic heterocycles. The number of rotatable bonds is 7. The Hall–Kier alpha value is -3.99. The fourth-order valence-electron chi connectivity index (χ4n) is 2.83. The summed E-state index contributed by atoms with van der Waals surface area (Å²) in [6, 6.07) is 14.5. The number of hydrogen-bond donors (Lipinski definition) is 1. The van der Waals surface area contributed by atoms with Gasteiger partial charge in [-0.1, -0.05) is 18.2 Å². The van der Waals surface area contributed by atoms with Gasteiger partial charge in [-0.15, -0.1) is 0 Å². The third-order valence-corrected chi connectivity index (χ3v) is 4.62. The van der Waals surface area contributed by atoms with Gasteiger partial charge in [-0.2, -0.15) is 5.26 Å². The zero-order valence-electron chi connectivity index (χ0n) is 17.5. The average molecular weight is 421 g/mol. The number of hydrogen-bond acceptors (Lipinski definition) is 7. The highest BCUT2D eigenvalue weighted by Gasteiger charge is 2.21. The van der Waals surface area contributed by atoms with E-state index in [0.717, 1.165) is 11.3 Å². The van der Waals surface area contributed by atoms with Crippen molar-refractivity contribution in [3.05, 3.63) is 59.2 Å². The predicted octanol–water partition coefficient (Wildman–Crippen LogP) is 2.64. The molecule has 2 aromatic carbocycles. The highest BCUT2D eigenvalue weighted by molar-refractivity contribution is 5.99.